The first-order chi connectivity index (χ1) is 7.70. The maximum Gasteiger partial charge on any atom is 0.308 e. The topological polar surface area (TPSA) is 44.8 Å². The van der Waals surface area contributed by atoms with Crippen molar-refractivity contribution in [1.82, 2.24) is 0 Å². The normalized spacial score (nSPS) is 18.5. The molecule has 0 spiro atoms. The molecule has 2 rings (SSSR count). The van der Waals surface area contributed by atoms with Crippen molar-refractivity contribution in [3.05, 3.63) is 23.8 Å². The van der Waals surface area contributed by atoms with Crippen LogP contribution in [0.4, 0.5) is 0 Å². The number of benzene rings is 1. The molecule has 86 valence electrons. The van der Waals surface area contributed by atoms with Crippen molar-refractivity contribution in [2.24, 2.45) is 0 Å². The molecule has 0 aromatic heterocycles. The molecule has 1 atom stereocenters. The molecule has 4 heteroatoms. The number of rotatable bonds is 2. The monoisotopic (exact) mass is 222 g/mol. The summed E-state index contributed by atoms with van der Waals surface area (Å²) in [4.78, 5) is 10.8. The lowest BCUT2D eigenvalue weighted by Gasteiger charge is -2.25. The molecule has 0 bridgehead atoms. The van der Waals surface area contributed by atoms with Crippen LogP contribution in [0.15, 0.2) is 18.2 Å². The van der Waals surface area contributed by atoms with Crippen molar-refractivity contribution in [2.45, 2.75) is 19.4 Å². The summed E-state index contributed by atoms with van der Waals surface area (Å²) in [5, 5.41) is 0. The highest BCUT2D eigenvalue weighted by molar-refractivity contribution is 5.69. The van der Waals surface area contributed by atoms with Gasteiger partial charge < -0.3 is 14.2 Å². The van der Waals surface area contributed by atoms with Gasteiger partial charge in [-0.1, -0.05) is 0 Å². The zero-order valence-electron chi connectivity index (χ0n) is 9.36. The molecule has 0 amide bonds. The van der Waals surface area contributed by atoms with Gasteiger partial charge in [0.2, 0.25) is 0 Å². The van der Waals surface area contributed by atoms with E-state index in [1.54, 1.807) is 25.3 Å². The van der Waals surface area contributed by atoms with Crippen LogP contribution in [0.5, 0.6) is 11.5 Å². The van der Waals surface area contributed by atoms with Crippen LogP contribution in [0.25, 0.3) is 0 Å². The third kappa shape index (κ3) is 2.17. The molecule has 0 saturated heterocycles. The lowest BCUT2D eigenvalue weighted by atomic mass is 10.0. The van der Waals surface area contributed by atoms with Crippen LogP contribution in [-0.2, 0) is 9.53 Å². The van der Waals surface area contributed by atoms with Crippen molar-refractivity contribution in [1.29, 1.82) is 0 Å². The van der Waals surface area contributed by atoms with Crippen molar-refractivity contribution in [3.63, 3.8) is 0 Å². The third-order valence-electron chi connectivity index (χ3n) is 2.51. The molecule has 1 unspecified atom stereocenters. The lowest BCUT2D eigenvalue weighted by molar-refractivity contribution is -0.131. The van der Waals surface area contributed by atoms with Gasteiger partial charge in [-0.15, -0.1) is 0 Å². The van der Waals surface area contributed by atoms with Gasteiger partial charge in [0.1, 0.15) is 11.5 Å². The Morgan fingerprint density at radius 1 is 1.50 bits per heavy atom. The Morgan fingerprint density at radius 3 is 3.00 bits per heavy atom. The summed E-state index contributed by atoms with van der Waals surface area (Å²) in [6, 6.07) is 5.32. The number of fused-ring (bicyclic) bond motifs is 1. The van der Waals surface area contributed by atoms with E-state index < -0.39 is 0 Å². The van der Waals surface area contributed by atoms with Gasteiger partial charge in [-0.25, -0.2) is 0 Å². The van der Waals surface area contributed by atoms with Crippen LogP contribution < -0.4 is 9.47 Å². The predicted molar refractivity (Wildman–Crippen MR) is 57.6 cm³/mol. The van der Waals surface area contributed by atoms with Gasteiger partial charge >= 0.3 is 5.97 Å². The van der Waals surface area contributed by atoms with E-state index in [-0.39, 0.29) is 12.1 Å². The van der Waals surface area contributed by atoms with Crippen LogP contribution in [0.3, 0.4) is 0 Å². The second-order valence-corrected chi connectivity index (χ2v) is 3.65. The smallest absolute Gasteiger partial charge is 0.308 e. The first-order valence-corrected chi connectivity index (χ1v) is 5.18. The average molecular weight is 222 g/mol. The van der Waals surface area contributed by atoms with Gasteiger partial charge in [0, 0.05) is 26.0 Å². The number of hydrogen-bond donors (Lipinski definition) is 0. The van der Waals surface area contributed by atoms with E-state index in [2.05, 4.69) is 0 Å². The summed E-state index contributed by atoms with van der Waals surface area (Å²) in [6.45, 7) is 2.03. The van der Waals surface area contributed by atoms with E-state index in [9.17, 15) is 4.79 Å². The van der Waals surface area contributed by atoms with Gasteiger partial charge in [0.15, 0.2) is 0 Å². The van der Waals surface area contributed by atoms with Crippen molar-refractivity contribution >= 4 is 5.97 Å². The van der Waals surface area contributed by atoms with E-state index >= 15 is 0 Å². The third-order valence-corrected chi connectivity index (χ3v) is 2.51. The average Bonchev–Trinajstić information content (AvgIpc) is 2.27. The summed E-state index contributed by atoms with van der Waals surface area (Å²) in [7, 11) is 1.66. The second kappa shape index (κ2) is 4.53. The quantitative estimate of drug-likeness (QED) is 0.567. The number of hydrogen-bond acceptors (Lipinski definition) is 4. The number of ether oxygens (including phenoxy) is 3. The van der Waals surface area contributed by atoms with Gasteiger partial charge in [-0.2, -0.15) is 0 Å². The molecule has 1 aliphatic heterocycles. The molecule has 0 fully saturated rings. The maximum atomic E-state index is 10.8. The van der Waals surface area contributed by atoms with Crippen LogP contribution >= 0.6 is 0 Å². The fraction of sp³-hybridized carbons (Fsp3) is 0.417. The minimum atomic E-state index is -0.328. The molecule has 1 heterocycles. The molecular weight excluding hydrogens is 208 g/mol. The minimum Gasteiger partial charge on any atom is -0.493 e. The van der Waals surface area contributed by atoms with Crippen molar-refractivity contribution in [3.8, 4) is 11.5 Å². The van der Waals surface area contributed by atoms with E-state index in [1.165, 1.54) is 6.92 Å². The Balaban J connectivity index is 2.31. The van der Waals surface area contributed by atoms with E-state index in [4.69, 9.17) is 14.2 Å². The van der Waals surface area contributed by atoms with Crippen LogP contribution in [-0.4, -0.2) is 19.7 Å². The highest BCUT2D eigenvalue weighted by atomic mass is 16.5. The summed E-state index contributed by atoms with van der Waals surface area (Å²) in [5.41, 5.74) is 0.938. The largest absolute Gasteiger partial charge is 0.493 e. The number of esters is 1. The van der Waals surface area contributed by atoms with Crippen LogP contribution in [0.2, 0.25) is 0 Å². The molecule has 4 nitrogen and oxygen atoms in total. The Hall–Kier alpha value is -1.55. The molecule has 16 heavy (non-hydrogen) atoms. The van der Waals surface area contributed by atoms with Gasteiger partial charge in [0.05, 0.1) is 12.7 Å². The first kappa shape index (κ1) is 11.0. The second-order valence-electron chi connectivity index (χ2n) is 3.65. The molecule has 0 aliphatic carbocycles. The molecule has 0 saturated carbocycles. The number of carbonyl (C=O) groups is 1. The van der Waals surface area contributed by atoms with E-state index in [0.717, 1.165) is 17.7 Å². The van der Waals surface area contributed by atoms with Gasteiger partial charge in [-0.05, 0) is 18.2 Å². The summed E-state index contributed by atoms with van der Waals surface area (Å²) in [6.07, 6.45) is 0.826. The predicted octanol–water partition coefficient (Wildman–Crippen LogP) is 2.08. The van der Waals surface area contributed by atoms with Crippen LogP contribution in [0.1, 0.15) is 25.0 Å². The summed E-state index contributed by atoms with van der Waals surface area (Å²) in [5.74, 6) is 0.999. The fourth-order valence-corrected chi connectivity index (χ4v) is 1.82. The van der Waals surface area contributed by atoms with Crippen molar-refractivity contribution in [2.75, 3.05) is 13.7 Å². The highest BCUT2D eigenvalue weighted by Crippen LogP contribution is 2.36. The maximum absolute atomic E-state index is 10.8. The minimum absolute atomic E-state index is 0.0132. The highest BCUT2D eigenvalue weighted by Gasteiger charge is 2.21. The summed E-state index contributed by atoms with van der Waals surface area (Å²) < 4.78 is 15.9. The fourth-order valence-electron chi connectivity index (χ4n) is 1.82. The lowest BCUT2D eigenvalue weighted by Crippen LogP contribution is -2.15. The van der Waals surface area contributed by atoms with Crippen LogP contribution in [0, 0.1) is 0 Å². The number of methoxy groups -OCH3 is 1. The molecule has 0 N–H and O–H groups in total. The standard InChI is InChI=1S/C12H14O4/c1-8(13)16-9-3-4-12-10(7-9)11(14-2)5-6-15-12/h3-4,7,11H,5-6H2,1-2H3. The summed E-state index contributed by atoms with van der Waals surface area (Å²) >= 11 is 0. The molecule has 1 aromatic carbocycles. The zero-order valence-corrected chi connectivity index (χ0v) is 9.36. The van der Waals surface area contributed by atoms with Gasteiger partial charge in [-0.3, -0.25) is 4.79 Å². The molecule has 1 aliphatic rings. The molecular formula is C12H14O4. The van der Waals surface area contributed by atoms with E-state index in [1.807, 2.05) is 0 Å². The molecule has 0 radical (unpaired) electrons. The first-order valence-electron chi connectivity index (χ1n) is 5.18. The molecule has 1 aromatic rings. The van der Waals surface area contributed by atoms with E-state index in [0.29, 0.717) is 12.4 Å². The Kier molecular flexibility index (Phi) is 3.10. The SMILES string of the molecule is COC1CCOc2ccc(OC(C)=O)cc21. The zero-order chi connectivity index (χ0) is 11.5. The van der Waals surface area contributed by atoms with Crippen molar-refractivity contribution < 1.29 is 19.0 Å². The number of carbonyl (C=O) groups excluding carboxylic acids is 1. The van der Waals surface area contributed by atoms with Gasteiger partial charge in [0.25, 0.3) is 0 Å². The Bertz CT molecular complexity index is 400. The Labute approximate surface area is 94.1 Å². The Morgan fingerprint density at radius 2 is 2.31 bits per heavy atom.